The average Bonchev–Trinajstić information content (AvgIpc) is 2.84. The molecule has 0 aliphatic heterocycles. The standard InChI is InChI=1S/C17H16N2O2/c1-12-16(13-6-4-3-5-7-13)19(18-17(12)20)14-8-10-15(21-2)11-9-14/h3-11H,1-2H3,(H,18,20). The van der Waals surface area contributed by atoms with E-state index in [0.29, 0.717) is 0 Å². The van der Waals surface area contributed by atoms with Gasteiger partial charge < -0.3 is 9.84 Å². The molecule has 0 amide bonds. The molecule has 0 saturated carbocycles. The van der Waals surface area contributed by atoms with E-state index in [4.69, 9.17) is 4.74 Å². The third kappa shape index (κ3) is 2.36. The molecule has 106 valence electrons. The Balaban J connectivity index is 2.16. The van der Waals surface area contributed by atoms with Gasteiger partial charge in [0.15, 0.2) is 0 Å². The Morgan fingerprint density at radius 2 is 1.67 bits per heavy atom. The Kier molecular flexibility index (Phi) is 3.36. The van der Waals surface area contributed by atoms with Gasteiger partial charge in [0.05, 0.1) is 18.5 Å². The van der Waals surface area contributed by atoms with Crippen LogP contribution < -0.4 is 4.74 Å². The predicted octanol–water partition coefficient (Wildman–Crippen LogP) is 3.56. The lowest BCUT2D eigenvalue weighted by Crippen LogP contribution is -1.99. The van der Waals surface area contributed by atoms with Crippen molar-refractivity contribution >= 4 is 0 Å². The molecular weight excluding hydrogens is 264 g/mol. The van der Waals surface area contributed by atoms with Crippen molar-refractivity contribution in [2.45, 2.75) is 6.92 Å². The van der Waals surface area contributed by atoms with E-state index >= 15 is 0 Å². The second kappa shape index (κ2) is 5.32. The first-order valence-corrected chi connectivity index (χ1v) is 6.69. The van der Waals surface area contributed by atoms with Crippen LogP contribution in [0.4, 0.5) is 0 Å². The maximum absolute atomic E-state index is 9.99. The van der Waals surface area contributed by atoms with E-state index in [0.717, 1.165) is 28.3 Å². The average molecular weight is 280 g/mol. The number of hydrogen-bond donors (Lipinski definition) is 1. The molecule has 0 fully saturated rings. The monoisotopic (exact) mass is 280 g/mol. The topological polar surface area (TPSA) is 47.3 Å². The van der Waals surface area contributed by atoms with Crippen LogP contribution in [0.1, 0.15) is 5.56 Å². The van der Waals surface area contributed by atoms with Gasteiger partial charge in [0, 0.05) is 11.1 Å². The summed E-state index contributed by atoms with van der Waals surface area (Å²) in [4.78, 5) is 0. The van der Waals surface area contributed by atoms with Crippen molar-refractivity contribution in [3.05, 3.63) is 60.2 Å². The van der Waals surface area contributed by atoms with Gasteiger partial charge in [-0.05, 0) is 31.2 Å². The Bertz CT molecular complexity index is 746. The number of rotatable bonds is 3. The van der Waals surface area contributed by atoms with Gasteiger partial charge in [0.25, 0.3) is 0 Å². The van der Waals surface area contributed by atoms with E-state index in [-0.39, 0.29) is 5.88 Å². The Morgan fingerprint density at radius 1 is 1.00 bits per heavy atom. The summed E-state index contributed by atoms with van der Waals surface area (Å²) < 4.78 is 6.92. The molecule has 0 unspecified atom stereocenters. The van der Waals surface area contributed by atoms with Crippen LogP contribution in [0.5, 0.6) is 11.6 Å². The van der Waals surface area contributed by atoms with Gasteiger partial charge in [-0.1, -0.05) is 30.3 Å². The van der Waals surface area contributed by atoms with E-state index in [2.05, 4.69) is 5.10 Å². The summed E-state index contributed by atoms with van der Waals surface area (Å²) in [5.41, 5.74) is 3.53. The minimum atomic E-state index is 0.0460. The molecule has 1 aromatic heterocycles. The van der Waals surface area contributed by atoms with Gasteiger partial charge in [-0.15, -0.1) is 5.10 Å². The van der Waals surface area contributed by atoms with Crippen molar-refractivity contribution in [1.82, 2.24) is 9.78 Å². The lowest BCUT2D eigenvalue weighted by atomic mass is 10.1. The van der Waals surface area contributed by atoms with E-state index in [1.165, 1.54) is 0 Å². The van der Waals surface area contributed by atoms with Crippen molar-refractivity contribution < 1.29 is 9.84 Å². The van der Waals surface area contributed by atoms with E-state index in [1.807, 2.05) is 61.5 Å². The van der Waals surface area contributed by atoms with Gasteiger partial charge in [-0.2, -0.15) is 0 Å². The SMILES string of the molecule is COc1ccc(-n2nc(O)c(C)c2-c2ccccc2)cc1. The molecule has 0 aliphatic carbocycles. The number of ether oxygens (including phenoxy) is 1. The quantitative estimate of drug-likeness (QED) is 0.798. The number of aromatic hydroxyl groups is 1. The van der Waals surface area contributed by atoms with Crippen LogP contribution in [0.2, 0.25) is 0 Å². The minimum Gasteiger partial charge on any atom is -0.497 e. The van der Waals surface area contributed by atoms with Crippen LogP contribution in [-0.4, -0.2) is 22.0 Å². The zero-order valence-corrected chi connectivity index (χ0v) is 11.9. The second-order valence-corrected chi connectivity index (χ2v) is 4.77. The number of aromatic nitrogens is 2. The van der Waals surface area contributed by atoms with Crippen LogP contribution in [0.3, 0.4) is 0 Å². The molecule has 1 heterocycles. The molecule has 3 aromatic rings. The predicted molar refractivity (Wildman–Crippen MR) is 82.0 cm³/mol. The van der Waals surface area contributed by atoms with E-state index in [9.17, 15) is 5.11 Å². The fourth-order valence-corrected chi connectivity index (χ4v) is 2.33. The summed E-state index contributed by atoms with van der Waals surface area (Å²) in [7, 11) is 1.63. The minimum absolute atomic E-state index is 0.0460. The van der Waals surface area contributed by atoms with E-state index < -0.39 is 0 Å². The molecule has 1 N–H and O–H groups in total. The summed E-state index contributed by atoms with van der Waals surface area (Å²) in [6, 6.07) is 17.5. The highest BCUT2D eigenvalue weighted by Crippen LogP contribution is 2.31. The third-order valence-electron chi connectivity index (χ3n) is 3.46. The third-order valence-corrected chi connectivity index (χ3v) is 3.46. The maximum atomic E-state index is 9.99. The zero-order valence-electron chi connectivity index (χ0n) is 11.9. The summed E-state index contributed by atoms with van der Waals surface area (Å²) in [5.74, 6) is 0.831. The van der Waals surface area contributed by atoms with Crippen LogP contribution in [0, 0.1) is 6.92 Å². The van der Waals surface area contributed by atoms with Crippen molar-refractivity contribution in [2.75, 3.05) is 7.11 Å². The summed E-state index contributed by atoms with van der Waals surface area (Å²) in [5, 5.41) is 14.2. The van der Waals surface area contributed by atoms with Crippen molar-refractivity contribution in [3.8, 4) is 28.6 Å². The highest BCUT2D eigenvalue weighted by Gasteiger charge is 2.16. The van der Waals surface area contributed by atoms with Gasteiger partial charge in [-0.25, -0.2) is 4.68 Å². The van der Waals surface area contributed by atoms with Crippen LogP contribution in [-0.2, 0) is 0 Å². The Labute approximate surface area is 123 Å². The molecular formula is C17H16N2O2. The van der Waals surface area contributed by atoms with Crippen molar-refractivity contribution in [1.29, 1.82) is 0 Å². The molecule has 0 aliphatic rings. The molecule has 3 rings (SSSR count). The Morgan fingerprint density at radius 3 is 2.29 bits per heavy atom. The van der Waals surface area contributed by atoms with Crippen molar-refractivity contribution in [3.63, 3.8) is 0 Å². The molecule has 0 atom stereocenters. The lowest BCUT2D eigenvalue weighted by molar-refractivity contribution is 0.414. The van der Waals surface area contributed by atoms with E-state index in [1.54, 1.807) is 11.8 Å². The number of hydrogen-bond acceptors (Lipinski definition) is 3. The number of methoxy groups -OCH3 is 1. The molecule has 21 heavy (non-hydrogen) atoms. The largest absolute Gasteiger partial charge is 0.497 e. The highest BCUT2D eigenvalue weighted by atomic mass is 16.5. The lowest BCUT2D eigenvalue weighted by Gasteiger charge is -2.09. The van der Waals surface area contributed by atoms with Crippen molar-refractivity contribution in [2.24, 2.45) is 0 Å². The van der Waals surface area contributed by atoms with Crippen LogP contribution in [0.25, 0.3) is 16.9 Å². The van der Waals surface area contributed by atoms with Gasteiger partial charge >= 0.3 is 0 Å². The molecule has 0 radical (unpaired) electrons. The fraction of sp³-hybridized carbons (Fsp3) is 0.118. The number of nitrogens with zero attached hydrogens (tertiary/aromatic N) is 2. The zero-order chi connectivity index (χ0) is 14.8. The summed E-state index contributed by atoms with van der Waals surface area (Å²) in [6.45, 7) is 1.87. The highest BCUT2D eigenvalue weighted by molar-refractivity contribution is 5.67. The molecule has 4 heteroatoms. The van der Waals surface area contributed by atoms with Gasteiger partial charge in [0.2, 0.25) is 5.88 Å². The fourth-order valence-electron chi connectivity index (χ4n) is 2.33. The van der Waals surface area contributed by atoms with Crippen LogP contribution >= 0.6 is 0 Å². The molecule has 4 nitrogen and oxygen atoms in total. The number of benzene rings is 2. The molecule has 0 spiro atoms. The normalized spacial score (nSPS) is 10.6. The second-order valence-electron chi connectivity index (χ2n) is 4.77. The Hall–Kier alpha value is -2.75. The van der Waals surface area contributed by atoms with Crippen LogP contribution in [0.15, 0.2) is 54.6 Å². The van der Waals surface area contributed by atoms with Gasteiger partial charge in [0.1, 0.15) is 5.75 Å². The maximum Gasteiger partial charge on any atom is 0.234 e. The first kappa shape index (κ1) is 13.2. The molecule has 2 aromatic carbocycles. The first-order chi connectivity index (χ1) is 10.2. The molecule has 0 saturated heterocycles. The molecule has 0 bridgehead atoms. The van der Waals surface area contributed by atoms with Gasteiger partial charge in [-0.3, -0.25) is 0 Å². The summed E-state index contributed by atoms with van der Waals surface area (Å²) in [6.07, 6.45) is 0. The first-order valence-electron chi connectivity index (χ1n) is 6.69. The smallest absolute Gasteiger partial charge is 0.234 e. The summed E-state index contributed by atoms with van der Waals surface area (Å²) >= 11 is 0.